The van der Waals surface area contributed by atoms with Crippen LogP contribution in [0.4, 0.5) is 0 Å². The van der Waals surface area contributed by atoms with E-state index in [2.05, 4.69) is 5.32 Å². The van der Waals surface area contributed by atoms with E-state index in [1.54, 1.807) is 0 Å². The molecule has 1 aliphatic rings. The standard InChI is InChI=1S/C15H18N2O2/c1-17-14(18)10-9-13(15(17)19)16-11-5-8-12-6-3-2-4-7-12/h2-8,13,16H,9-11H2,1H3. The Bertz CT molecular complexity index is 482. The summed E-state index contributed by atoms with van der Waals surface area (Å²) >= 11 is 0. The Kier molecular flexibility index (Phi) is 4.47. The number of carbonyl (C=O) groups is 2. The van der Waals surface area contributed by atoms with E-state index in [-0.39, 0.29) is 17.9 Å². The summed E-state index contributed by atoms with van der Waals surface area (Å²) < 4.78 is 0. The van der Waals surface area contributed by atoms with Crippen LogP contribution in [0.25, 0.3) is 6.08 Å². The van der Waals surface area contributed by atoms with Crippen LogP contribution in [0.1, 0.15) is 18.4 Å². The highest BCUT2D eigenvalue weighted by atomic mass is 16.2. The molecule has 1 aromatic rings. The third-order valence-corrected chi connectivity index (χ3v) is 3.24. The third-order valence-electron chi connectivity index (χ3n) is 3.24. The van der Waals surface area contributed by atoms with Gasteiger partial charge in [0.2, 0.25) is 11.8 Å². The van der Waals surface area contributed by atoms with Crippen molar-refractivity contribution in [1.29, 1.82) is 0 Å². The van der Waals surface area contributed by atoms with Gasteiger partial charge in [-0.05, 0) is 12.0 Å². The van der Waals surface area contributed by atoms with E-state index >= 15 is 0 Å². The number of rotatable bonds is 4. The van der Waals surface area contributed by atoms with Gasteiger partial charge in [-0.15, -0.1) is 0 Å². The second-order valence-electron chi connectivity index (χ2n) is 4.60. The highest BCUT2D eigenvalue weighted by molar-refractivity contribution is 6.00. The molecule has 0 aromatic heterocycles. The molecule has 0 radical (unpaired) electrons. The number of benzene rings is 1. The van der Waals surface area contributed by atoms with Crippen LogP contribution in [0.3, 0.4) is 0 Å². The molecule has 1 saturated heterocycles. The Hall–Kier alpha value is -1.94. The molecule has 1 N–H and O–H groups in total. The van der Waals surface area contributed by atoms with Crippen LogP contribution < -0.4 is 5.32 Å². The van der Waals surface area contributed by atoms with E-state index in [1.165, 1.54) is 11.9 Å². The zero-order valence-corrected chi connectivity index (χ0v) is 11.0. The second-order valence-corrected chi connectivity index (χ2v) is 4.60. The predicted molar refractivity (Wildman–Crippen MR) is 74.3 cm³/mol. The molecule has 1 fully saturated rings. The van der Waals surface area contributed by atoms with Crippen LogP contribution in [0.15, 0.2) is 36.4 Å². The van der Waals surface area contributed by atoms with Crippen molar-refractivity contribution in [2.24, 2.45) is 0 Å². The van der Waals surface area contributed by atoms with Gasteiger partial charge >= 0.3 is 0 Å². The van der Waals surface area contributed by atoms with Crippen molar-refractivity contribution in [3.8, 4) is 0 Å². The number of hydrogen-bond donors (Lipinski definition) is 1. The summed E-state index contributed by atoms with van der Waals surface area (Å²) in [6, 6.07) is 9.74. The lowest BCUT2D eigenvalue weighted by Gasteiger charge is -2.27. The van der Waals surface area contributed by atoms with Crippen LogP contribution in [0.5, 0.6) is 0 Å². The van der Waals surface area contributed by atoms with Gasteiger partial charge in [-0.2, -0.15) is 0 Å². The van der Waals surface area contributed by atoms with Gasteiger partial charge in [0.15, 0.2) is 0 Å². The van der Waals surface area contributed by atoms with Crippen LogP contribution >= 0.6 is 0 Å². The quantitative estimate of drug-likeness (QED) is 0.831. The molecule has 19 heavy (non-hydrogen) atoms. The van der Waals surface area contributed by atoms with Crippen molar-refractivity contribution in [1.82, 2.24) is 10.2 Å². The number of hydrogen-bond acceptors (Lipinski definition) is 3. The van der Waals surface area contributed by atoms with Crippen molar-refractivity contribution in [2.75, 3.05) is 13.6 Å². The van der Waals surface area contributed by atoms with Crippen molar-refractivity contribution in [3.63, 3.8) is 0 Å². The normalized spacial score (nSPS) is 20.3. The maximum absolute atomic E-state index is 11.8. The Labute approximate surface area is 113 Å². The number of nitrogens with zero attached hydrogens (tertiary/aromatic N) is 1. The van der Waals surface area contributed by atoms with E-state index in [4.69, 9.17) is 0 Å². The topological polar surface area (TPSA) is 49.4 Å². The van der Waals surface area contributed by atoms with Gasteiger partial charge in [0, 0.05) is 20.0 Å². The summed E-state index contributed by atoms with van der Waals surface area (Å²) in [5.41, 5.74) is 1.13. The number of carbonyl (C=O) groups excluding carboxylic acids is 2. The number of nitrogens with one attached hydrogen (secondary N) is 1. The minimum absolute atomic E-state index is 0.0946. The summed E-state index contributed by atoms with van der Waals surface area (Å²) in [6.07, 6.45) is 5.01. The monoisotopic (exact) mass is 258 g/mol. The molecule has 100 valence electrons. The van der Waals surface area contributed by atoms with Crippen molar-refractivity contribution in [3.05, 3.63) is 42.0 Å². The lowest BCUT2D eigenvalue weighted by atomic mass is 10.0. The van der Waals surface area contributed by atoms with Crippen LogP contribution in [-0.4, -0.2) is 36.3 Å². The van der Waals surface area contributed by atoms with Gasteiger partial charge in [0.25, 0.3) is 0 Å². The first-order valence-corrected chi connectivity index (χ1v) is 6.44. The van der Waals surface area contributed by atoms with E-state index < -0.39 is 0 Å². The number of imide groups is 1. The number of likely N-dealkylation sites (tertiary alicyclic amines) is 1. The third kappa shape index (κ3) is 3.51. The zero-order valence-electron chi connectivity index (χ0n) is 11.0. The average molecular weight is 258 g/mol. The molecule has 1 unspecified atom stereocenters. The SMILES string of the molecule is CN1C(=O)CCC(NCC=Cc2ccccc2)C1=O. The number of amides is 2. The van der Waals surface area contributed by atoms with Gasteiger partial charge in [-0.1, -0.05) is 42.5 Å². The highest BCUT2D eigenvalue weighted by Gasteiger charge is 2.30. The van der Waals surface area contributed by atoms with E-state index in [0.29, 0.717) is 19.4 Å². The molecule has 1 atom stereocenters. The molecule has 0 aliphatic carbocycles. The smallest absolute Gasteiger partial charge is 0.246 e. The largest absolute Gasteiger partial charge is 0.302 e. The fraction of sp³-hybridized carbons (Fsp3) is 0.333. The first kappa shape index (κ1) is 13.5. The fourth-order valence-electron chi connectivity index (χ4n) is 2.07. The first-order valence-electron chi connectivity index (χ1n) is 6.44. The molecule has 2 rings (SSSR count). The van der Waals surface area contributed by atoms with Gasteiger partial charge in [-0.25, -0.2) is 0 Å². The lowest BCUT2D eigenvalue weighted by Crippen LogP contribution is -2.51. The summed E-state index contributed by atoms with van der Waals surface area (Å²) in [5, 5.41) is 3.16. The molecule has 2 amide bonds. The van der Waals surface area contributed by atoms with Crippen molar-refractivity contribution >= 4 is 17.9 Å². The van der Waals surface area contributed by atoms with Gasteiger partial charge in [-0.3, -0.25) is 14.5 Å². The molecule has 4 nitrogen and oxygen atoms in total. The molecule has 0 bridgehead atoms. The minimum atomic E-state index is -0.247. The average Bonchev–Trinajstić information content (AvgIpc) is 2.44. The summed E-state index contributed by atoms with van der Waals surface area (Å²) in [4.78, 5) is 24.4. The maximum Gasteiger partial charge on any atom is 0.246 e. The number of piperidine rings is 1. The summed E-state index contributed by atoms with van der Waals surface area (Å²) in [7, 11) is 1.54. The summed E-state index contributed by atoms with van der Waals surface area (Å²) in [5.74, 6) is -0.229. The fourth-order valence-corrected chi connectivity index (χ4v) is 2.07. The van der Waals surface area contributed by atoms with Gasteiger partial charge in [0.1, 0.15) is 0 Å². The molecule has 1 aromatic carbocycles. The second kappa shape index (κ2) is 6.29. The molecule has 0 saturated carbocycles. The Morgan fingerprint density at radius 2 is 2.05 bits per heavy atom. The van der Waals surface area contributed by atoms with E-state index in [1.807, 2.05) is 42.5 Å². The van der Waals surface area contributed by atoms with Crippen LogP contribution in [0, 0.1) is 0 Å². The first-order chi connectivity index (χ1) is 9.18. The maximum atomic E-state index is 11.8. The zero-order chi connectivity index (χ0) is 13.7. The van der Waals surface area contributed by atoms with E-state index in [0.717, 1.165) is 5.56 Å². The molecular formula is C15H18N2O2. The van der Waals surface area contributed by atoms with Crippen LogP contribution in [-0.2, 0) is 9.59 Å². The lowest BCUT2D eigenvalue weighted by molar-refractivity contribution is -0.147. The molecular weight excluding hydrogens is 240 g/mol. The summed E-state index contributed by atoms with van der Waals surface area (Å²) in [6.45, 7) is 0.618. The minimum Gasteiger partial charge on any atom is -0.302 e. The molecule has 1 heterocycles. The van der Waals surface area contributed by atoms with Gasteiger partial charge in [0.05, 0.1) is 6.04 Å². The predicted octanol–water partition coefficient (Wildman–Crippen LogP) is 1.44. The molecule has 4 heteroatoms. The molecule has 0 spiro atoms. The highest BCUT2D eigenvalue weighted by Crippen LogP contribution is 2.11. The number of likely N-dealkylation sites (N-methyl/N-ethyl adjacent to an activating group) is 1. The molecule has 1 aliphatic heterocycles. The Morgan fingerprint density at radius 3 is 2.79 bits per heavy atom. The Morgan fingerprint density at radius 1 is 1.32 bits per heavy atom. The van der Waals surface area contributed by atoms with Crippen molar-refractivity contribution < 1.29 is 9.59 Å². The van der Waals surface area contributed by atoms with Crippen LogP contribution in [0.2, 0.25) is 0 Å². The van der Waals surface area contributed by atoms with E-state index in [9.17, 15) is 9.59 Å². The Balaban J connectivity index is 1.81. The van der Waals surface area contributed by atoms with Crippen molar-refractivity contribution in [2.45, 2.75) is 18.9 Å². The van der Waals surface area contributed by atoms with Gasteiger partial charge < -0.3 is 5.32 Å².